The summed E-state index contributed by atoms with van der Waals surface area (Å²) < 4.78 is 5.20. The Morgan fingerprint density at radius 2 is 2.20 bits per heavy atom. The highest BCUT2D eigenvalue weighted by molar-refractivity contribution is 7.18. The molecule has 0 spiro atoms. The topological polar surface area (TPSA) is 26.0 Å². The van der Waals surface area contributed by atoms with Crippen LogP contribution < -0.4 is 0 Å². The number of hydrogen-bond acceptors (Lipinski definition) is 2. The van der Waals surface area contributed by atoms with Gasteiger partial charge in [-0.1, -0.05) is 0 Å². The Morgan fingerprint density at radius 1 is 1.60 bits per heavy atom. The smallest absolute Gasteiger partial charge is 0.203 e. The summed E-state index contributed by atoms with van der Waals surface area (Å²) in [5.41, 5.74) is 0.936. The van der Waals surface area contributed by atoms with Gasteiger partial charge in [-0.05, 0) is 20.8 Å². The van der Waals surface area contributed by atoms with Crippen LogP contribution in [0.15, 0.2) is 10.7 Å². The molecule has 0 aliphatic rings. The van der Waals surface area contributed by atoms with E-state index in [0.717, 1.165) is 11.6 Å². The molecule has 1 atom stereocenters. The van der Waals surface area contributed by atoms with Gasteiger partial charge in [-0.2, -0.15) is 0 Å². The second-order valence-corrected chi connectivity index (χ2v) is 4.46. The number of rotatable bonds is 1. The molecule has 2 nitrogen and oxygen atoms in total. The summed E-state index contributed by atoms with van der Waals surface area (Å²) >= 11 is 0. The molecule has 0 radical (unpaired) electrons. The molecule has 10 heavy (non-hydrogen) atoms. The quantitative estimate of drug-likeness (QED) is 0.583. The summed E-state index contributed by atoms with van der Waals surface area (Å²) in [5.74, 6) is 0.773. The molecule has 0 aliphatic carbocycles. The molecule has 0 fully saturated rings. The third kappa shape index (κ3) is 1.57. The molecule has 0 N–H and O–H groups in total. The van der Waals surface area contributed by atoms with E-state index in [4.69, 9.17) is 4.42 Å². The van der Waals surface area contributed by atoms with Crippen molar-refractivity contribution in [1.82, 2.24) is 4.98 Å². The zero-order valence-electron chi connectivity index (χ0n) is 6.51. The molecule has 0 aromatic carbocycles. The van der Waals surface area contributed by atoms with Crippen LogP contribution in [0.3, 0.4) is 0 Å². The fourth-order valence-corrected chi connectivity index (χ4v) is 0.783. The van der Waals surface area contributed by atoms with Crippen LogP contribution in [0.1, 0.15) is 25.4 Å². The lowest BCUT2D eigenvalue weighted by Gasteiger charge is -2.11. The molecule has 1 aromatic rings. The van der Waals surface area contributed by atoms with Crippen LogP contribution >= 0.6 is 9.24 Å². The molecule has 0 saturated carbocycles. The molecule has 0 amide bonds. The number of nitrogens with zero attached hydrogens (tertiary/aromatic N) is 1. The fraction of sp³-hybridized carbons (Fsp3) is 0.571. The van der Waals surface area contributed by atoms with E-state index in [2.05, 4.69) is 14.2 Å². The van der Waals surface area contributed by atoms with Gasteiger partial charge in [0.1, 0.15) is 6.26 Å². The second-order valence-electron chi connectivity index (χ2n) is 3.02. The van der Waals surface area contributed by atoms with Crippen LogP contribution in [0.5, 0.6) is 0 Å². The predicted molar refractivity (Wildman–Crippen MR) is 44.0 cm³/mol. The molecule has 1 unspecified atom stereocenters. The molecule has 0 bridgehead atoms. The Bertz CT molecular complexity index is 224. The van der Waals surface area contributed by atoms with Gasteiger partial charge in [0.15, 0.2) is 0 Å². The molecule has 1 rings (SSSR count). The second kappa shape index (κ2) is 2.35. The van der Waals surface area contributed by atoms with Crippen molar-refractivity contribution in [3.05, 3.63) is 17.8 Å². The van der Waals surface area contributed by atoms with E-state index in [0.29, 0.717) is 0 Å². The van der Waals surface area contributed by atoms with Crippen molar-refractivity contribution >= 4 is 9.24 Å². The first-order chi connectivity index (χ1) is 4.50. The van der Waals surface area contributed by atoms with Gasteiger partial charge in [-0.15, -0.1) is 9.24 Å². The number of aryl methyl sites for hydroxylation is 1. The Balaban J connectivity index is 2.96. The number of oxazole rings is 1. The van der Waals surface area contributed by atoms with Crippen molar-refractivity contribution in [2.45, 2.75) is 25.9 Å². The van der Waals surface area contributed by atoms with E-state index in [1.165, 1.54) is 0 Å². The highest BCUT2D eigenvalue weighted by Gasteiger charge is 2.19. The molecule has 1 heterocycles. The first kappa shape index (κ1) is 7.74. The normalized spacial score (nSPS) is 12.0. The van der Waals surface area contributed by atoms with Gasteiger partial charge in [-0.3, -0.25) is 0 Å². The third-order valence-electron chi connectivity index (χ3n) is 1.17. The van der Waals surface area contributed by atoms with Gasteiger partial charge >= 0.3 is 0 Å². The van der Waals surface area contributed by atoms with E-state index in [1.807, 2.05) is 20.8 Å². The lowest BCUT2D eigenvalue weighted by Crippen LogP contribution is -2.06. The fourth-order valence-electron chi connectivity index (χ4n) is 0.650. The van der Waals surface area contributed by atoms with E-state index in [1.54, 1.807) is 6.26 Å². The average Bonchev–Trinajstić information content (AvgIpc) is 2.11. The average molecular weight is 157 g/mol. The summed E-state index contributed by atoms with van der Waals surface area (Å²) in [6.07, 6.45) is 1.67. The minimum absolute atomic E-state index is 0.0474. The van der Waals surface area contributed by atoms with Crippen molar-refractivity contribution in [3.8, 4) is 0 Å². The molecule has 1 aromatic heterocycles. The Hall–Kier alpha value is -0.360. The van der Waals surface area contributed by atoms with Crippen LogP contribution in [0.2, 0.25) is 0 Å². The van der Waals surface area contributed by atoms with E-state index < -0.39 is 0 Å². The Labute approximate surface area is 63.2 Å². The van der Waals surface area contributed by atoms with Gasteiger partial charge in [-0.25, -0.2) is 4.98 Å². The molecular formula is C7H12NOP. The van der Waals surface area contributed by atoms with Crippen LogP contribution in [0, 0.1) is 6.92 Å². The summed E-state index contributed by atoms with van der Waals surface area (Å²) in [6, 6.07) is 0. The zero-order chi connectivity index (χ0) is 7.78. The molecule has 0 aliphatic heterocycles. The van der Waals surface area contributed by atoms with Crippen molar-refractivity contribution in [2.75, 3.05) is 0 Å². The molecule has 3 heteroatoms. The van der Waals surface area contributed by atoms with Crippen LogP contribution in [-0.4, -0.2) is 4.98 Å². The van der Waals surface area contributed by atoms with E-state index in [9.17, 15) is 0 Å². The summed E-state index contributed by atoms with van der Waals surface area (Å²) in [7, 11) is 2.69. The summed E-state index contributed by atoms with van der Waals surface area (Å²) in [4.78, 5) is 4.19. The van der Waals surface area contributed by atoms with Crippen molar-refractivity contribution in [2.24, 2.45) is 0 Å². The monoisotopic (exact) mass is 157 g/mol. The van der Waals surface area contributed by atoms with Crippen LogP contribution in [0.4, 0.5) is 0 Å². The molecular weight excluding hydrogens is 145 g/mol. The van der Waals surface area contributed by atoms with E-state index >= 15 is 0 Å². The van der Waals surface area contributed by atoms with Gasteiger partial charge < -0.3 is 4.42 Å². The first-order valence-electron chi connectivity index (χ1n) is 3.21. The van der Waals surface area contributed by atoms with Crippen molar-refractivity contribution in [1.29, 1.82) is 0 Å². The maximum Gasteiger partial charge on any atom is 0.203 e. The highest BCUT2D eigenvalue weighted by Crippen LogP contribution is 2.28. The summed E-state index contributed by atoms with van der Waals surface area (Å²) in [6.45, 7) is 6.01. The summed E-state index contributed by atoms with van der Waals surface area (Å²) in [5, 5.41) is -0.0474. The van der Waals surface area contributed by atoms with Crippen LogP contribution in [-0.2, 0) is 5.16 Å². The largest absolute Gasteiger partial charge is 0.448 e. The maximum atomic E-state index is 5.20. The zero-order valence-corrected chi connectivity index (χ0v) is 7.66. The minimum atomic E-state index is -0.0474. The predicted octanol–water partition coefficient (Wildman–Crippen LogP) is 2.09. The standard InChI is InChI=1S/C7H12NOP/c1-5-4-9-6(8-5)7(2,3)10/h4H,10H2,1-3H3. The van der Waals surface area contributed by atoms with Gasteiger partial charge in [0.2, 0.25) is 5.89 Å². The first-order valence-corrected chi connectivity index (χ1v) is 3.79. The van der Waals surface area contributed by atoms with Crippen molar-refractivity contribution in [3.63, 3.8) is 0 Å². The lowest BCUT2D eigenvalue weighted by atomic mass is 10.2. The van der Waals surface area contributed by atoms with Crippen molar-refractivity contribution < 1.29 is 4.42 Å². The molecule has 56 valence electrons. The van der Waals surface area contributed by atoms with Crippen LogP contribution in [0.25, 0.3) is 0 Å². The van der Waals surface area contributed by atoms with Gasteiger partial charge in [0, 0.05) is 0 Å². The minimum Gasteiger partial charge on any atom is -0.448 e. The van der Waals surface area contributed by atoms with E-state index in [-0.39, 0.29) is 5.16 Å². The Kier molecular flexibility index (Phi) is 1.82. The third-order valence-corrected chi connectivity index (χ3v) is 1.42. The molecule has 0 saturated heterocycles. The SMILES string of the molecule is Cc1coc(C(C)(C)P)n1. The number of hydrogen-bond donors (Lipinski definition) is 0. The highest BCUT2D eigenvalue weighted by atomic mass is 31.0. The lowest BCUT2D eigenvalue weighted by molar-refractivity contribution is 0.451. The maximum absolute atomic E-state index is 5.20. The number of aromatic nitrogens is 1. The van der Waals surface area contributed by atoms with Gasteiger partial charge in [0.05, 0.1) is 10.9 Å². The Morgan fingerprint density at radius 3 is 2.40 bits per heavy atom. The van der Waals surface area contributed by atoms with Gasteiger partial charge in [0.25, 0.3) is 0 Å².